The summed E-state index contributed by atoms with van der Waals surface area (Å²) in [7, 11) is 0. The van der Waals surface area contributed by atoms with Gasteiger partial charge in [0.1, 0.15) is 0 Å². The molecular formula is C12H27NO. The van der Waals surface area contributed by atoms with Crippen LogP contribution in [0.1, 0.15) is 54.9 Å². The van der Waals surface area contributed by atoms with Crippen molar-refractivity contribution in [1.82, 2.24) is 4.90 Å². The molecule has 0 fully saturated rings. The van der Waals surface area contributed by atoms with Crippen molar-refractivity contribution in [1.29, 1.82) is 0 Å². The molecular weight excluding hydrogens is 174 g/mol. The molecule has 2 heteroatoms. The van der Waals surface area contributed by atoms with Crippen LogP contribution in [0.2, 0.25) is 0 Å². The van der Waals surface area contributed by atoms with Crippen LogP contribution in [0.5, 0.6) is 0 Å². The first-order valence-electron chi connectivity index (χ1n) is 5.79. The number of rotatable bonds is 4. The number of nitrogens with zero attached hydrogens (tertiary/aromatic N) is 1. The van der Waals surface area contributed by atoms with Crippen LogP contribution >= 0.6 is 0 Å². The van der Waals surface area contributed by atoms with Crippen molar-refractivity contribution in [2.75, 3.05) is 13.1 Å². The van der Waals surface area contributed by atoms with Gasteiger partial charge in [-0.3, -0.25) is 4.79 Å². The molecule has 0 aromatic rings. The molecule has 0 aliphatic rings. The summed E-state index contributed by atoms with van der Waals surface area (Å²) in [6.07, 6.45) is 0.905. The molecule has 0 atom stereocenters. The molecule has 0 N–H and O–H groups in total. The predicted octanol–water partition coefficient (Wildman–Crippen LogP) is 3.32. The number of hydrogen-bond donors (Lipinski definition) is 0. The fourth-order valence-electron chi connectivity index (χ4n) is 1.09. The van der Waals surface area contributed by atoms with E-state index in [9.17, 15) is 4.79 Å². The van der Waals surface area contributed by atoms with Crippen LogP contribution in [0.25, 0.3) is 0 Å². The largest absolute Gasteiger partial charge is 0.343 e. The topological polar surface area (TPSA) is 20.3 Å². The Morgan fingerprint density at radius 2 is 1.43 bits per heavy atom. The van der Waals surface area contributed by atoms with Crippen LogP contribution in [0.4, 0.5) is 0 Å². The Kier molecular flexibility index (Phi) is 8.91. The zero-order chi connectivity index (χ0) is 11.8. The first-order valence-corrected chi connectivity index (χ1v) is 5.79. The van der Waals surface area contributed by atoms with Crippen molar-refractivity contribution >= 4 is 5.91 Å². The summed E-state index contributed by atoms with van der Waals surface area (Å²) in [5, 5.41) is 0. The van der Waals surface area contributed by atoms with Gasteiger partial charge in [-0.25, -0.2) is 0 Å². The summed E-state index contributed by atoms with van der Waals surface area (Å²) in [4.78, 5) is 13.7. The summed E-state index contributed by atoms with van der Waals surface area (Å²) >= 11 is 0. The molecule has 0 aliphatic carbocycles. The van der Waals surface area contributed by atoms with E-state index < -0.39 is 0 Å². The average Bonchev–Trinajstić information content (AvgIpc) is 2.22. The number of hydrogen-bond acceptors (Lipinski definition) is 1. The van der Waals surface area contributed by atoms with Crippen LogP contribution < -0.4 is 0 Å². The Morgan fingerprint density at radius 3 is 1.64 bits per heavy atom. The molecule has 0 radical (unpaired) electrons. The number of carbonyl (C=O) groups excluding carboxylic acids is 1. The standard InChI is InChI=1S/C10H21NO.C2H6/c1-6-10(4,5)9(12)11(7-2)8-3;1-2/h6-8H2,1-5H3;1-2H3. The van der Waals surface area contributed by atoms with E-state index in [1.54, 1.807) is 0 Å². The second-order valence-electron chi connectivity index (χ2n) is 3.71. The highest BCUT2D eigenvalue weighted by Gasteiger charge is 2.28. The molecule has 0 unspecified atom stereocenters. The van der Waals surface area contributed by atoms with Crippen molar-refractivity contribution in [2.24, 2.45) is 5.41 Å². The van der Waals surface area contributed by atoms with Gasteiger partial charge in [-0.1, -0.05) is 34.6 Å². The van der Waals surface area contributed by atoms with Crippen LogP contribution in [0.3, 0.4) is 0 Å². The second-order valence-corrected chi connectivity index (χ2v) is 3.71. The summed E-state index contributed by atoms with van der Waals surface area (Å²) in [5.74, 6) is 0.273. The average molecular weight is 201 g/mol. The van der Waals surface area contributed by atoms with Gasteiger partial charge in [0.2, 0.25) is 5.91 Å². The van der Waals surface area contributed by atoms with E-state index in [2.05, 4.69) is 6.92 Å². The van der Waals surface area contributed by atoms with E-state index in [-0.39, 0.29) is 11.3 Å². The minimum absolute atomic E-state index is 0.188. The van der Waals surface area contributed by atoms with Gasteiger partial charge in [-0.05, 0) is 20.3 Å². The lowest BCUT2D eigenvalue weighted by Gasteiger charge is -2.29. The van der Waals surface area contributed by atoms with Crippen molar-refractivity contribution in [3.8, 4) is 0 Å². The van der Waals surface area contributed by atoms with Crippen LogP contribution in [-0.2, 0) is 4.79 Å². The van der Waals surface area contributed by atoms with Crippen molar-refractivity contribution in [2.45, 2.75) is 54.9 Å². The minimum Gasteiger partial charge on any atom is -0.343 e. The van der Waals surface area contributed by atoms with E-state index in [0.717, 1.165) is 19.5 Å². The van der Waals surface area contributed by atoms with Crippen LogP contribution in [0.15, 0.2) is 0 Å². The molecule has 1 amide bonds. The number of amides is 1. The highest BCUT2D eigenvalue weighted by atomic mass is 16.2. The third kappa shape index (κ3) is 4.64. The maximum absolute atomic E-state index is 11.8. The minimum atomic E-state index is -0.188. The Labute approximate surface area is 89.7 Å². The van der Waals surface area contributed by atoms with Gasteiger partial charge in [0.15, 0.2) is 0 Å². The summed E-state index contributed by atoms with van der Waals surface area (Å²) in [6.45, 7) is 15.8. The van der Waals surface area contributed by atoms with E-state index in [1.165, 1.54) is 0 Å². The SMILES string of the molecule is CC.CCN(CC)C(=O)C(C)(C)CC. The third-order valence-electron chi connectivity index (χ3n) is 2.51. The molecule has 0 aliphatic heterocycles. The molecule has 14 heavy (non-hydrogen) atoms. The molecule has 0 bridgehead atoms. The van der Waals surface area contributed by atoms with Crippen molar-refractivity contribution in [3.05, 3.63) is 0 Å². The van der Waals surface area contributed by atoms with E-state index in [0.29, 0.717) is 0 Å². The maximum atomic E-state index is 11.8. The first kappa shape index (κ1) is 15.9. The monoisotopic (exact) mass is 201 g/mol. The third-order valence-corrected chi connectivity index (χ3v) is 2.51. The molecule has 0 aromatic heterocycles. The zero-order valence-electron chi connectivity index (χ0n) is 11.0. The van der Waals surface area contributed by atoms with Gasteiger partial charge in [-0.2, -0.15) is 0 Å². The molecule has 0 aromatic carbocycles. The fourth-order valence-corrected chi connectivity index (χ4v) is 1.09. The quantitative estimate of drug-likeness (QED) is 0.683. The Balaban J connectivity index is 0. The molecule has 0 rings (SSSR count). The summed E-state index contributed by atoms with van der Waals surface area (Å²) in [6, 6.07) is 0. The van der Waals surface area contributed by atoms with Gasteiger partial charge in [0, 0.05) is 18.5 Å². The first-order chi connectivity index (χ1) is 6.49. The van der Waals surface area contributed by atoms with Gasteiger partial charge in [0.25, 0.3) is 0 Å². The molecule has 2 nitrogen and oxygen atoms in total. The highest BCUT2D eigenvalue weighted by Crippen LogP contribution is 2.22. The summed E-state index contributed by atoms with van der Waals surface area (Å²) in [5.41, 5.74) is -0.188. The normalized spacial score (nSPS) is 10.2. The lowest BCUT2D eigenvalue weighted by molar-refractivity contribution is -0.140. The lowest BCUT2D eigenvalue weighted by atomic mass is 9.88. The molecule has 0 spiro atoms. The van der Waals surface area contributed by atoms with Gasteiger partial charge in [-0.15, -0.1) is 0 Å². The smallest absolute Gasteiger partial charge is 0.228 e. The fraction of sp³-hybridized carbons (Fsp3) is 0.917. The second kappa shape index (κ2) is 7.84. The summed E-state index contributed by atoms with van der Waals surface area (Å²) < 4.78 is 0. The van der Waals surface area contributed by atoms with Gasteiger partial charge < -0.3 is 4.90 Å². The molecule has 0 saturated heterocycles. The van der Waals surface area contributed by atoms with Crippen molar-refractivity contribution in [3.63, 3.8) is 0 Å². The van der Waals surface area contributed by atoms with Gasteiger partial charge in [0.05, 0.1) is 0 Å². The molecule has 0 heterocycles. The highest BCUT2D eigenvalue weighted by molar-refractivity contribution is 5.81. The van der Waals surface area contributed by atoms with Crippen LogP contribution in [0, 0.1) is 5.41 Å². The Hall–Kier alpha value is -0.530. The lowest BCUT2D eigenvalue weighted by Crippen LogP contribution is -2.40. The predicted molar refractivity (Wildman–Crippen MR) is 63.3 cm³/mol. The molecule has 86 valence electrons. The van der Waals surface area contributed by atoms with Crippen LogP contribution in [-0.4, -0.2) is 23.9 Å². The Morgan fingerprint density at radius 1 is 1.07 bits per heavy atom. The molecule has 0 saturated carbocycles. The van der Waals surface area contributed by atoms with E-state index in [1.807, 2.05) is 46.4 Å². The van der Waals surface area contributed by atoms with E-state index in [4.69, 9.17) is 0 Å². The zero-order valence-corrected chi connectivity index (χ0v) is 11.0. The maximum Gasteiger partial charge on any atom is 0.228 e. The number of carbonyl (C=O) groups is 1. The van der Waals surface area contributed by atoms with Gasteiger partial charge >= 0.3 is 0 Å². The van der Waals surface area contributed by atoms with E-state index >= 15 is 0 Å². The Bertz CT molecular complexity index is 148. The van der Waals surface area contributed by atoms with Crippen molar-refractivity contribution < 1.29 is 4.79 Å².